The Bertz CT molecular complexity index is 386. The standard InChI is InChI=1S/C14H21NO4/c1-9-11(16)12(17)13(18)14(19-9)15-8-7-10-5-3-2-4-6-10/h2-6,9,11-18H,7-8H2,1H3/p+1/t9-,11-,12-,13-,14+/m0/s1. The van der Waals surface area contributed by atoms with Gasteiger partial charge in [0, 0.05) is 6.42 Å². The number of rotatable bonds is 4. The first kappa shape index (κ1) is 14.4. The monoisotopic (exact) mass is 268 g/mol. The summed E-state index contributed by atoms with van der Waals surface area (Å²) in [6.07, 6.45) is -3.40. The molecule has 106 valence electrons. The van der Waals surface area contributed by atoms with Gasteiger partial charge in [0.25, 0.3) is 0 Å². The van der Waals surface area contributed by atoms with Crippen molar-refractivity contribution in [2.45, 2.75) is 44.0 Å². The van der Waals surface area contributed by atoms with Crippen molar-refractivity contribution in [3.63, 3.8) is 0 Å². The van der Waals surface area contributed by atoms with Crippen LogP contribution in [0.25, 0.3) is 0 Å². The lowest BCUT2D eigenvalue weighted by atomic mass is 9.99. The maximum Gasteiger partial charge on any atom is 0.219 e. The second-order valence-electron chi connectivity index (χ2n) is 5.04. The Kier molecular flexibility index (Phi) is 4.90. The van der Waals surface area contributed by atoms with Crippen LogP contribution in [0, 0.1) is 0 Å². The van der Waals surface area contributed by atoms with Crippen molar-refractivity contribution in [1.82, 2.24) is 0 Å². The van der Waals surface area contributed by atoms with Crippen LogP contribution in [0.5, 0.6) is 0 Å². The van der Waals surface area contributed by atoms with Crippen molar-refractivity contribution < 1.29 is 25.4 Å². The smallest absolute Gasteiger partial charge is 0.219 e. The van der Waals surface area contributed by atoms with Gasteiger partial charge in [-0.3, -0.25) is 0 Å². The zero-order chi connectivity index (χ0) is 13.8. The minimum atomic E-state index is -1.15. The molecule has 0 aromatic heterocycles. The lowest BCUT2D eigenvalue weighted by Crippen LogP contribution is -2.95. The molecule has 0 aliphatic carbocycles. The van der Waals surface area contributed by atoms with E-state index in [0.717, 1.165) is 13.0 Å². The zero-order valence-corrected chi connectivity index (χ0v) is 11.0. The largest absolute Gasteiger partial charge is 0.388 e. The molecule has 1 aliphatic heterocycles. The fourth-order valence-electron chi connectivity index (χ4n) is 2.34. The average Bonchev–Trinajstić information content (AvgIpc) is 2.43. The minimum absolute atomic E-state index is 0.476. The maximum atomic E-state index is 9.86. The van der Waals surface area contributed by atoms with Crippen LogP contribution in [0.15, 0.2) is 30.3 Å². The first-order valence-electron chi connectivity index (χ1n) is 6.66. The zero-order valence-electron chi connectivity index (χ0n) is 11.0. The summed E-state index contributed by atoms with van der Waals surface area (Å²) in [5, 5.41) is 31.0. The van der Waals surface area contributed by atoms with E-state index >= 15 is 0 Å². The van der Waals surface area contributed by atoms with Gasteiger partial charge in [0.1, 0.15) is 12.2 Å². The summed E-state index contributed by atoms with van der Waals surface area (Å²) in [7, 11) is 0. The van der Waals surface area contributed by atoms with Crippen LogP contribution in [0.3, 0.4) is 0 Å². The number of aliphatic hydroxyl groups is 3. The Morgan fingerprint density at radius 1 is 1.05 bits per heavy atom. The first-order chi connectivity index (χ1) is 9.09. The van der Waals surface area contributed by atoms with Gasteiger partial charge in [-0.1, -0.05) is 30.3 Å². The summed E-state index contributed by atoms with van der Waals surface area (Å²) in [5.74, 6) is 0. The summed E-state index contributed by atoms with van der Waals surface area (Å²) in [4.78, 5) is 0. The molecule has 19 heavy (non-hydrogen) atoms. The van der Waals surface area contributed by atoms with Gasteiger partial charge in [-0.05, 0) is 12.5 Å². The molecule has 5 heteroatoms. The third kappa shape index (κ3) is 3.52. The van der Waals surface area contributed by atoms with Crippen LogP contribution >= 0.6 is 0 Å². The van der Waals surface area contributed by atoms with Crippen LogP contribution < -0.4 is 5.32 Å². The molecule has 1 aliphatic rings. The van der Waals surface area contributed by atoms with Crippen molar-refractivity contribution in [3.05, 3.63) is 35.9 Å². The van der Waals surface area contributed by atoms with Crippen molar-refractivity contribution in [2.24, 2.45) is 0 Å². The Morgan fingerprint density at radius 3 is 2.42 bits per heavy atom. The van der Waals surface area contributed by atoms with Gasteiger partial charge < -0.3 is 25.4 Å². The molecule has 5 atom stereocenters. The number of ether oxygens (including phenoxy) is 1. The van der Waals surface area contributed by atoms with Gasteiger partial charge in [-0.15, -0.1) is 0 Å². The van der Waals surface area contributed by atoms with Crippen molar-refractivity contribution in [1.29, 1.82) is 0 Å². The fraction of sp³-hybridized carbons (Fsp3) is 0.571. The van der Waals surface area contributed by atoms with E-state index in [1.54, 1.807) is 6.92 Å². The third-order valence-electron chi connectivity index (χ3n) is 3.56. The Balaban J connectivity index is 1.82. The van der Waals surface area contributed by atoms with E-state index in [4.69, 9.17) is 4.74 Å². The van der Waals surface area contributed by atoms with Crippen LogP contribution in [0.1, 0.15) is 12.5 Å². The Hall–Kier alpha value is -0.980. The number of benzene rings is 1. The normalized spacial score (nSPS) is 35.3. The summed E-state index contributed by atoms with van der Waals surface area (Å²) in [6, 6.07) is 10.0. The van der Waals surface area contributed by atoms with E-state index in [0.29, 0.717) is 0 Å². The first-order valence-corrected chi connectivity index (χ1v) is 6.66. The fourth-order valence-corrected chi connectivity index (χ4v) is 2.34. The van der Waals surface area contributed by atoms with Crippen molar-refractivity contribution in [2.75, 3.05) is 6.54 Å². The summed E-state index contributed by atoms with van der Waals surface area (Å²) >= 11 is 0. The van der Waals surface area contributed by atoms with Gasteiger partial charge in [0.05, 0.1) is 12.6 Å². The van der Waals surface area contributed by atoms with Gasteiger partial charge in [-0.25, -0.2) is 0 Å². The van der Waals surface area contributed by atoms with Crippen LogP contribution in [0.2, 0.25) is 0 Å². The van der Waals surface area contributed by atoms with Crippen molar-refractivity contribution in [3.8, 4) is 0 Å². The number of aliphatic hydroxyl groups excluding tert-OH is 3. The SMILES string of the molecule is C[C@@H]1O[C@@H]([NH2+]CCc2ccccc2)[C@@H](O)[C@@H](O)[C@H]1O. The molecule has 0 spiro atoms. The van der Waals surface area contributed by atoms with Crippen LogP contribution in [-0.4, -0.2) is 52.5 Å². The molecule has 0 amide bonds. The predicted octanol–water partition coefficient (Wildman–Crippen LogP) is -1.38. The van der Waals surface area contributed by atoms with E-state index in [-0.39, 0.29) is 0 Å². The van der Waals surface area contributed by atoms with Crippen molar-refractivity contribution >= 4 is 0 Å². The molecule has 0 radical (unpaired) electrons. The molecular weight excluding hydrogens is 246 g/mol. The predicted molar refractivity (Wildman–Crippen MR) is 69.3 cm³/mol. The molecule has 5 nitrogen and oxygen atoms in total. The summed E-state index contributed by atoms with van der Waals surface area (Å²) in [6.45, 7) is 2.44. The molecule has 0 bridgehead atoms. The van der Waals surface area contributed by atoms with Gasteiger partial charge in [-0.2, -0.15) is 0 Å². The average molecular weight is 268 g/mol. The lowest BCUT2D eigenvalue weighted by molar-refractivity contribution is -0.742. The summed E-state index contributed by atoms with van der Waals surface area (Å²) < 4.78 is 5.50. The molecule has 1 fully saturated rings. The maximum absolute atomic E-state index is 9.86. The number of quaternary nitrogens is 1. The van der Waals surface area contributed by atoms with Gasteiger partial charge in [0.2, 0.25) is 6.23 Å². The van der Waals surface area contributed by atoms with Gasteiger partial charge in [0.15, 0.2) is 6.10 Å². The molecular formula is C14H22NO4+. The summed E-state index contributed by atoms with van der Waals surface area (Å²) in [5.41, 5.74) is 1.22. The highest BCUT2D eigenvalue weighted by Gasteiger charge is 2.43. The van der Waals surface area contributed by atoms with E-state index in [1.165, 1.54) is 5.56 Å². The molecule has 5 N–H and O–H groups in total. The molecule has 1 aromatic carbocycles. The molecule has 1 heterocycles. The second kappa shape index (κ2) is 6.45. The molecule has 1 aromatic rings. The second-order valence-corrected chi connectivity index (χ2v) is 5.04. The number of hydrogen-bond acceptors (Lipinski definition) is 4. The van der Waals surface area contributed by atoms with E-state index in [9.17, 15) is 15.3 Å². The number of nitrogens with two attached hydrogens (primary N) is 1. The lowest BCUT2D eigenvalue weighted by Gasteiger charge is -2.37. The quantitative estimate of drug-likeness (QED) is 0.542. The minimum Gasteiger partial charge on any atom is -0.388 e. The Labute approximate surface area is 112 Å². The highest BCUT2D eigenvalue weighted by molar-refractivity contribution is 5.14. The molecule has 2 rings (SSSR count). The van der Waals surface area contributed by atoms with Crippen LogP contribution in [0.4, 0.5) is 0 Å². The Morgan fingerprint density at radius 2 is 1.74 bits per heavy atom. The van der Waals surface area contributed by atoms with E-state index in [1.807, 2.05) is 35.6 Å². The van der Waals surface area contributed by atoms with Gasteiger partial charge >= 0.3 is 0 Å². The third-order valence-corrected chi connectivity index (χ3v) is 3.56. The van der Waals surface area contributed by atoms with E-state index < -0.39 is 30.6 Å². The highest BCUT2D eigenvalue weighted by Crippen LogP contribution is 2.17. The molecule has 0 unspecified atom stereocenters. The van der Waals surface area contributed by atoms with E-state index in [2.05, 4.69) is 0 Å². The topological polar surface area (TPSA) is 86.5 Å². The number of hydrogen-bond donors (Lipinski definition) is 4. The highest BCUT2D eigenvalue weighted by atomic mass is 16.5. The van der Waals surface area contributed by atoms with Crippen LogP contribution in [-0.2, 0) is 11.2 Å². The molecule has 1 saturated heterocycles. The molecule has 0 saturated carbocycles.